The highest BCUT2D eigenvalue weighted by Gasteiger charge is 2.16. The first-order valence-electron chi connectivity index (χ1n) is 6.27. The Balaban J connectivity index is 0.00000180. The second kappa shape index (κ2) is 9.34. The van der Waals surface area contributed by atoms with E-state index in [1.807, 2.05) is 19.1 Å². The Morgan fingerprint density at radius 3 is 2.80 bits per heavy atom. The zero-order chi connectivity index (χ0) is 13.0. The van der Waals surface area contributed by atoms with Crippen molar-refractivity contribution in [3.8, 4) is 0 Å². The number of thiazole rings is 1. The Labute approximate surface area is 136 Å². The summed E-state index contributed by atoms with van der Waals surface area (Å²) in [6, 6.07) is -0.144. The fraction of sp³-hybridized carbons (Fsp3) is 0.538. The number of nitrogens with zero attached hydrogens (tertiary/aromatic N) is 1. The van der Waals surface area contributed by atoms with E-state index in [0.717, 1.165) is 30.1 Å². The predicted octanol–water partition coefficient (Wildman–Crippen LogP) is 2.18. The van der Waals surface area contributed by atoms with Crippen molar-refractivity contribution in [3.63, 3.8) is 0 Å². The van der Waals surface area contributed by atoms with Gasteiger partial charge in [0.05, 0.1) is 10.7 Å². The summed E-state index contributed by atoms with van der Waals surface area (Å²) < 4.78 is 0. The lowest BCUT2D eigenvalue weighted by molar-refractivity contribution is -0.121. The van der Waals surface area contributed by atoms with Crippen LogP contribution in [-0.2, 0) is 11.2 Å². The first kappa shape index (κ1) is 19.4. The molecule has 0 radical (unpaired) electrons. The molecule has 0 aliphatic carbocycles. The average molecular weight is 338 g/mol. The van der Waals surface area contributed by atoms with Crippen molar-refractivity contribution >= 4 is 42.1 Å². The topological polar surface area (TPSA) is 54.0 Å². The van der Waals surface area contributed by atoms with Crippen molar-refractivity contribution in [1.29, 1.82) is 0 Å². The van der Waals surface area contributed by atoms with Crippen LogP contribution in [0.4, 0.5) is 0 Å². The molecule has 2 N–H and O–H groups in total. The molecule has 1 aliphatic rings. The minimum Gasteiger partial charge on any atom is -0.354 e. The first-order valence-corrected chi connectivity index (χ1v) is 7.09. The summed E-state index contributed by atoms with van der Waals surface area (Å²) in [6.07, 6.45) is 5.76. The van der Waals surface area contributed by atoms with Crippen molar-refractivity contribution in [2.75, 3.05) is 13.1 Å². The molecule has 0 saturated heterocycles. The second-order valence-corrected chi connectivity index (χ2v) is 5.75. The largest absolute Gasteiger partial charge is 0.354 e. The zero-order valence-corrected chi connectivity index (χ0v) is 14.1. The van der Waals surface area contributed by atoms with Crippen molar-refractivity contribution in [1.82, 2.24) is 15.6 Å². The van der Waals surface area contributed by atoms with Gasteiger partial charge in [-0.2, -0.15) is 0 Å². The van der Waals surface area contributed by atoms with Crippen LogP contribution in [0.2, 0.25) is 0 Å². The third-order valence-electron chi connectivity index (χ3n) is 3.01. The number of hydrogen-bond donors (Lipinski definition) is 2. The van der Waals surface area contributed by atoms with E-state index in [-0.39, 0.29) is 36.8 Å². The van der Waals surface area contributed by atoms with Gasteiger partial charge in [0.1, 0.15) is 6.04 Å². The van der Waals surface area contributed by atoms with Gasteiger partial charge >= 0.3 is 0 Å². The van der Waals surface area contributed by atoms with Gasteiger partial charge in [-0.1, -0.05) is 12.2 Å². The number of hydrogen-bond acceptors (Lipinski definition) is 4. The molecule has 0 fully saturated rings. The van der Waals surface area contributed by atoms with Crippen molar-refractivity contribution < 1.29 is 4.79 Å². The Hall–Kier alpha value is -0.620. The van der Waals surface area contributed by atoms with E-state index in [4.69, 9.17) is 0 Å². The smallest absolute Gasteiger partial charge is 0.241 e. The molecule has 2 rings (SSSR count). The minimum absolute atomic E-state index is 0. The van der Waals surface area contributed by atoms with Gasteiger partial charge in [0, 0.05) is 24.4 Å². The average Bonchev–Trinajstić information content (AvgIpc) is 2.96. The molecule has 2 heterocycles. The number of amides is 1. The van der Waals surface area contributed by atoms with Crippen LogP contribution in [-0.4, -0.2) is 30.0 Å². The molecule has 1 aromatic rings. The minimum atomic E-state index is -0.144. The van der Waals surface area contributed by atoms with Gasteiger partial charge in [-0.25, -0.2) is 4.98 Å². The molecule has 20 heavy (non-hydrogen) atoms. The molecule has 0 spiro atoms. The summed E-state index contributed by atoms with van der Waals surface area (Å²) in [5.74, 6) is 0.0650. The number of carbonyl (C=O) groups is 1. The van der Waals surface area contributed by atoms with Gasteiger partial charge in [-0.3, -0.25) is 10.1 Å². The number of carbonyl (C=O) groups excluding carboxylic acids is 1. The lowest BCUT2D eigenvalue weighted by Gasteiger charge is -2.09. The molecule has 1 aromatic heterocycles. The summed E-state index contributed by atoms with van der Waals surface area (Å²) in [4.78, 5) is 17.5. The maximum absolute atomic E-state index is 11.7. The maximum atomic E-state index is 11.7. The molecule has 4 nitrogen and oxygen atoms in total. The Morgan fingerprint density at radius 2 is 2.25 bits per heavy atom. The second-order valence-electron chi connectivity index (χ2n) is 4.46. The van der Waals surface area contributed by atoms with E-state index in [2.05, 4.69) is 22.5 Å². The summed E-state index contributed by atoms with van der Waals surface area (Å²) in [5, 5.41) is 7.20. The fourth-order valence-corrected chi connectivity index (χ4v) is 2.83. The zero-order valence-electron chi connectivity index (χ0n) is 11.6. The van der Waals surface area contributed by atoms with E-state index in [1.54, 1.807) is 11.3 Å². The van der Waals surface area contributed by atoms with Crippen molar-refractivity contribution in [3.05, 3.63) is 27.7 Å². The Kier molecular flexibility index (Phi) is 9.05. The van der Waals surface area contributed by atoms with Gasteiger partial charge in [-0.15, -0.1) is 36.2 Å². The lowest BCUT2D eigenvalue weighted by Crippen LogP contribution is -2.40. The molecule has 1 amide bonds. The number of halogens is 2. The number of aromatic nitrogens is 1. The molecule has 0 aromatic carbocycles. The van der Waals surface area contributed by atoms with Crippen LogP contribution >= 0.6 is 36.2 Å². The molecule has 7 heteroatoms. The van der Waals surface area contributed by atoms with Crippen LogP contribution in [0, 0.1) is 13.8 Å². The fourth-order valence-electron chi connectivity index (χ4n) is 1.85. The molecule has 1 aliphatic heterocycles. The summed E-state index contributed by atoms with van der Waals surface area (Å²) >= 11 is 1.75. The van der Waals surface area contributed by atoms with Crippen LogP contribution in [0.3, 0.4) is 0 Å². The van der Waals surface area contributed by atoms with Gasteiger partial charge < -0.3 is 5.32 Å². The summed E-state index contributed by atoms with van der Waals surface area (Å²) in [6.45, 7) is 5.63. The Morgan fingerprint density at radius 1 is 1.50 bits per heavy atom. The number of nitrogens with one attached hydrogen (secondary N) is 2. The standard InChI is InChI=1S/C13H19N3OS.2ClH/c1-9-10(2)18-12(16-9)6-4-8-15-13(17)11-5-3-7-14-11;;/h3,5,11,14H,4,6-8H2,1-2H3,(H,15,17);2*1H. The molecular formula is C13H21Cl2N3OS. The molecule has 1 atom stereocenters. The van der Waals surface area contributed by atoms with E-state index in [9.17, 15) is 4.79 Å². The highest BCUT2D eigenvalue weighted by Crippen LogP contribution is 2.17. The van der Waals surface area contributed by atoms with Crippen LogP contribution < -0.4 is 10.6 Å². The number of rotatable bonds is 5. The SMILES string of the molecule is Cc1nc(CCCNC(=O)C2C=CCN2)sc1C.Cl.Cl. The van der Waals surface area contributed by atoms with Crippen molar-refractivity contribution in [2.45, 2.75) is 32.7 Å². The van der Waals surface area contributed by atoms with Crippen LogP contribution in [0.5, 0.6) is 0 Å². The highest BCUT2D eigenvalue weighted by molar-refractivity contribution is 7.11. The van der Waals surface area contributed by atoms with E-state index >= 15 is 0 Å². The molecule has 0 bridgehead atoms. The molecule has 0 saturated carbocycles. The maximum Gasteiger partial charge on any atom is 0.241 e. The van der Waals surface area contributed by atoms with E-state index < -0.39 is 0 Å². The van der Waals surface area contributed by atoms with Gasteiger partial charge in [-0.05, 0) is 20.3 Å². The van der Waals surface area contributed by atoms with E-state index in [1.165, 1.54) is 4.88 Å². The molecule has 1 unspecified atom stereocenters. The van der Waals surface area contributed by atoms with Crippen LogP contribution in [0.15, 0.2) is 12.2 Å². The van der Waals surface area contributed by atoms with Gasteiger partial charge in [0.25, 0.3) is 0 Å². The summed E-state index contributed by atoms with van der Waals surface area (Å²) in [7, 11) is 0. The molecular weight excluding hydrogens is 317 g/mol. The highest BCUT2D eigenvalue weighted by atomic mass is 35.5. The van der Waals surface area contributed by atoms with Gasteiger partial charge in [0.15, 0.2) is 0 Å². The third-order valence-corrected chi connectivity index (χ3v) is 4.14. The van der Waals surface area contributed by atoms with Crippen LogP contribution in [0.1, 0.15) is 22.0 Å². The molecule has 114 valence electrons. The predicted molar refractivity (Wildman–Crippen MR) is 88.3 cm³/mol. The number of aryl methyl sites for hydroxylation is 3. The van der Waals surface area contributed by atoms with Gasteiger partial charge in [0.2, 0.25) is 5.91 Å². The lowest BCUT2D eigenvalue weighted by atomic mass is 10.2. The normalized spacial score (nSPS) is 16.4. The quantitative estimate of drug-likeness (QED) is 0.639. The first-order chi connectivity index (χ1) is 8.66. The van der Waals surface area contributed by atoms with Crippen molar-refractivity contribution in [2.24, 2.45) is 0 Å². The van der Waals surface area contributed by atoms with E-state index in [0.29, 0.717) is 6.54 Å². The third kappa shape index (κ3) is 5.40. The summed E-state index contributed by atoms with van der Waals surface area (Å²) in [5.41, 5.74) is 1.12. The monoisotopic (exact) mass is 337 g/mol. The Bertz CT molecular complexity index is 443. The van der Waals surface area contributed by atoms with Crippen LogP contribution in [0.25, 0.3) is 0 Å².